The largest absolute Gasteiger partial charge is 0.352 e. The van der Waals surface area contributed by atoms with Gasteiger partial charge in [-0.05, 0) is 63.5 Å². The number of nitrogens with one attached hydrogen (secondary N) is 2. The summed E-state index contributed by atoms with van der Waals surface area (Å²) in [7, 11) is -3.36. The van der Waals surface area contributed by atoms with Crippen LogP contribution in [0.4, 0.5) is 5.69 Å². The fourth-order valence-corrected chi connectivity index (χ4v) is 3.60. The quantitative estimate of drug-likeness (QED) is 0.735. The number of hydrogen-bond donors (Lipinski definition) is 2. The van der Waals surface area contributed by atoms with Crippen LogP contribution in [0.1, 0.15) is 41.6 Å². The zero-order chi connectivity index (χ0) is 17.6. The summed E-state index contributed by atoms with van der Waals surface area (Å²) >= 11 is 0. The lowest BCUT2D eigenvalue weighted by Gasteiger charge is -2.26. The van der Waals surface area contributed by atoms with Crippen molar-refractivity contribution in [3.05, 3.63) is 29.3 Å². The van der Waals surface area contributed by atoms with Gasteiger partial charge < -0.3 is 10.2 Å². The zero-order valence-corrected chi connectivity index (χ0v) is 15.3. The third-order valence-corrected chi connectivity index (χ3v) is 4.85. The summed E-state index contributed by atoms with van der Waals surface area (Å²) in [5.74, 6) is -0.164. The first kappa shape index (κ1) is 18.7. The minimum absolute atomic E-state index is 0.164. The van der Waals surface area contributed by atoms with Gasteiger partial charge in [0.2, 0.25) is 10.0 Å². The van der Waals surface area contributed by atoms with Crippen LogP contribution in [0, 0.1) is 6.92 Å². The van der Waals surface area contributed by atoms with E-state index in [0.717, 1.165) is 32.3 Å². The van der Waals surface area contributed by atoms with E-state index in [1.54, 1.807) is 25.1 Å². The van der Waals surface area contributed by atoms with Crippen molar-refractivity contribution in [1.29, 1.82) is 0 Å². The number of benzene rings is 1. The van der Waals surface area contributed by atoms with Crippen LogP contribution in [0.3, 0.4) is 0 Å². The highest BCUT2D eigenvalue weighted by atomic mass is 32.2. The lowest BCUT2D eigenvalue weighted by atomic mass is 10.1. The summed E-state index contributed by atoms with van der Waals surface area (Å²) in [6.07, 6.45) is 5.88. The topological polar surface area (TPSA) is 78.5 Å². The molecule has 0 bridgehead atoms. The van der Waals surface area contributed by atoms with Crippen LogP contribution in [-0.2, 0) is 10.0 Å². The maximum Gasteiger partial charge on any atom is 0.251 e. The molecular weight excluding hydrogens is 326 g/mol. The van der Waals surface area contributed by atoms with Crippen molar-refractivity contribution in [3.8, 4) is 0 Å². The molecule has 0 spiro atoms. The van der Waals surface area contributed by atoms with E-state index in [-0.39, 0.29) is 5.91 Å². The van der Waals surface area contributed by atoms with Crippen LogP contribution >= 0.6 is 0 Å². The first-order chi connectivity index (χ1) is 11.4. The molecule has 2 N–H and O–H groups in total. The zero-order valence-electron chi connectivity index (χ0n) is 14.5. The van der Waals surface area contributed by atoms with Crippen LogP contribution in [-0.4, -0.2) is 51.7 Å². The van der Waals surface area contributed by atoms with Gasteiger partial charge in [-0.15, -0.1) is 0 Å². The van der Waals surface area contributed by atoms with E-state index in [9.17, 15) is 13.2 Å². The van der Waals surface area contributed by atoms with Crippen LogP contribution in [0.25, 0.3) is 0 Å². The molecule has 1 aliphatic heterocycles. The Balaban J connectivity index is 1.86. The molecule has 2 rings (SSSR count). The lowest BCUT2D eigenvalue weighted by molar-refractivity contribution is 0.0950. The number of piperidine rings is 1. The first-order valence-electron chi connectivity index (χ1n) is 8.45. The highest BCUT2D eigenvalue weighted by molar-refractivity contribution is 7.92. The number of nitrogens with zero attached hydrogens (tertiary/aromatic N) is 1. The first-order valence-corrected chi connectivity index (χ1v) is 10.3. The average molecular weight is 353 g/mol. The number of likely N-dealkylation sites (tertiary alicyclic amines) is 1. The number of carbonyl (C=O) groups excluding carboxylic acids is 1. The summed E-state index contributed by atoms with van der Waals surface area (Å²) in [6, 6.07) is 5.05. The van der Waals surface area contributed by atoms with Crippen molar-refractivity contribution in [2.75, 3.05) is 37.2 Å². The van der Waals surface area contributed by atoms with E-state index in [0.29, 0.717) is 23.4 Å². The summed E-state index contributed by atoms with van der Waals surface area (Å²) in [6.45, 7) is 5.70. The van der Waals surface area contributed by atoms with Crippen molar-refractivity contribution in [1.82, 2.24) is 10.2 Å². The normalized spacial score (nSPS) is 15.9. The molecule has 1 heterocycles. The molecule has 1 fully saturated rings. The van der Waals surface area contributed by atoms with E-state index < -0.39 is 10.0 Å². The maximum absolute atomic E-state index is 12.3. The van der Waals surface area contributed by atoms with Gasteiger partial charge in [-0.3, -0.25) is 9.52 Å². The smallest absolute Gasteiger partial charge is 0.251 e. The number of hydrogen-bond acceptors (Lipinski definition) is 4. The SMILES string of the molecule is Cc1c(NS(C)(=O)=O)cccc1C(=O)NCCCN1CCCCC1. The summed E-state index contributed by atoms with van der Waals surface area (Å²) in [5.41, 5.74) is 1.58. The van der Waals surface area contributed by atoms with Gasteiger partial charge >= 0.3 is 0 Å². The monoisotopic (exact) mass is 353 g/mol. The standard InChI is InChI=1S/C17H27N3O3S/c1-14-15(8-6-9-16(14)19-24(2,22)23)17(21)18-10-7-13-20-11-4-3-5-12-20/h6,8-9,19H,3-5,7,10-13H2,1-2H3,(H,18,21). The van der Waals surface area contributed by atoms with Crippen molar-refractivity contribution >= 4 is 21.6 Å². The maximum atomic E-state index is 12.3. The Morgan fingerprint density at radius 3 is 2.58 bits per heavy atom. The highest BCUT2D eigenvalue weighted by Gasteiger charge is 2.14. The third-order valence-electron chi connectivity index (χ3n) is 4.26. The molecule has 0 radical (unpaired) electrons. The van der Waals surface area contributed by atoms with Crippen molar-refractivity contribution in [2.45, 2.75) is 32.6 Å². The molecule has 6 nitrogen and oxygen atoms in total. The van der Waals surface area contributed by atoms with Crippen LogP contribution in [0.15, 0.2) is 18.2 Å². The van der Waals surface area contributed by atoms with Gasteiger partial charge in [0.15, 0.2) is 0 Å². The molecule has 0 aromatic heterocycles. The predicted octanol–water partition coefficient (Wildman–Crippen LogP) is 1.97. The molecule has 0 saturated carbocycles. The second-order valence-corrected chi connectivity index (χ2v) is 8.11. The fourth-order valence-electron chi connectivity index (χ4n) is 2.97. The van der Waals surface area contributed by atoms with Crippen LogP contribution < -0.4 is 10.0 Å². The number of anilines is 1. The second kappa shape index (κ2) is 8.48. The molecule has 1 amide bonds. The number of sulfonamides is 1. The molecule has 0 atom stereocenters. The Kier molecular flexibility index (Phi) is 6.62. The summed E-state index contributed by atoms with van der Waals surface area (Å²) in [4.78, 5) is 14.8. The second-order valence-electron chi connectivity index (χ2n) is 6.36. The molecule has 1 aliphatic rings. The predicted molar refractivity (Wildman–Crippen MR) is 96.9 cm³/mol. The number of amides is 1. The molecule has 1 aromatic carbocycles. The van der Waals surface area contributed by atoms with Gasteiger partial charge in [0.1, 0.15) is 0 Å². The van der Waals surface area contributed by atoms with Crippen LogP contribution in [0.2, 0.25) is 0 Å². The Bertz CT molecular complexity index is 668. The van der Waals surface area contributed by atoms with Gasteiger partial charge in [-0.25, -0.2) is 8.42 Å². The molecule has 0 unspecified atom stereocenters. The average Bonchev–Trinajstić information content (AvgIpc) is 2.53. The van der Waals surface area contributed by atoms with E-state index in [1.165, 1.54) is 19.3 Å². The minimum atomic E-state index is -3.36. The molecular formula is C17H27N3O3S. The molecule has 134 valence electrons. The highest BCUT2D eigenvalue weighted by Crippen LogP contribution is 2.19. The van der Waals surface area contributed by atoms with Gasteiger partial charge in [-0.1, -0.05) is 12.5 Å². The van der Waals surface area contributed by atoms with E-state index >= 15 is 0 Å². The lowest BCUT2D eigenvalue weighted by Crippen LogP contribution is -2.33. The molecule has 7 heteroatoms. The summed E-state index contributed by atoms with van der Waals surface area (Å²) in [5, 5.41) is 2.93. The Morgan fingerprint density at radius 1 is 1.21 bits per heavy atom. The van der Waals surface area contributed by atoms with Gasteiger partial charge in [0, 0.05) is 12.1 Å². The Hall–Kier alpha value is -1.60. The number of carbonyl (C=O) groups is 1. The summed E-state index contributed by atoms with van der Waals surface area (Å²) < 4.78 is 25.2. The van der Waals surface area contributed by atoms with Crippen molar-refractivity contribution < 1.29 is 13.2 Å². The molecule has 24 heavy (non-hydrogen) atoms. The van der Waals surface area contributed by atoms with E-state index in [4.69, 9.17) is 0 Å². The molecule has 1 saturated heterocycles. The van der Waals surface area contributed by atoms with Crippen molar-refractivity contribution in [3.63, 3.8) is 0 Å². The van der Waals surface area contributed by atoms with Crippen molar-refractivity contribution in [2.24, 2.45) is 0 Å². The molecule has 0 aliphatic carbocycles. The van der Waals surface area contributed by atoms with Gasteiger partial charge in [0.25, 0.3) is 5.91 Å². The van der Waals surface area contributed by atoms with Crippen LogP contribution in [0.5, 0.6) is 0 Å². The number of rotatable bonds is 7. The Morgan fingerprint density at radius 2 is 1.92 bits per heavy atom. The fraction of sp³-hybridized carbons (Fsp3) is 0.588. The van der Waals surface area contributed by atoms with E-state index in [2.05, 4.69) is 14.9 Å². The van der Waals surface area contributed by atoms with Gasteiger partial charge in [0.05, 0.1) is 11.9 Å². The third kappa shape index (κ3) is 5.79. The molecule has 1 aromatic rings. The van der Waals surface area contributed by atoms with E-state index in [1.807, 2.05) is 0 Å². The van der Waals surface area contributed by atoms with Gasteiger partial charge in [-0.2, -0.15) is 0 Å². The Labute approximate surface area is 144 Å². The minimum Gasteiger partial charge on any atom is -0.352 e.